The van der Waals surface area contributed by atoms with E-state index in [-0.39, 0.29) is 5.60 Å². The molecule has 0 aliphatic heterocycles. The Balaban J connectivity index is 0. The van der Waals surface area contributed by atoms with Crippen LogP contribution >= 0.6 is 0 Å². The van der Waals surface area contributed by atoms with Crippen molar-refractivity contribution in [1.29, 1.82) is 0 Å². The van der Waals surface area contributed by atoms with E-state index < -0.39 is 0 Å². The molecule has 0 saturated carbocycles. The van der Waals surface area contributed by atoms with Gasteiger partial charge in [0.2, 0.25) is 0 Å². The summed E-state index contributed by atoms with van der Waals surface area (Å²) in [5, 5.41) is 3.02. The summed E-state index contributed by atoms with van der Waals surface area (Å²) in [6, 6.07) is 0. The maximum absolute atomic E-state index is 9.60. The van der Waals surface area contributed by atoms with Gasteiger partial charge in [-0.15, -0.1) is 0 Å². The lowest BCUT2D eigenvalue weighted by molar-refractivity contribution is -0.138. The Kier molecular flexibility index (Phi) is 9.93. The molecule has 12 heavy (non-hydrogen) atoms. The average molecular weight is 175 g/mol. The fraction of sp³-hybridized carbons (Fsp3) is 0.889. The van der Waals surface area contributed by atoms with Gasteiger partial charge >= 0.3 is 0 Å². The Hall–Kier alpha value is -0.570. The Bertz CT molecular complexity index is 95.2. The minimum absolute atomic E-state index is 0.318. The van der Waals surface area contributed by atoms with E-state index in [1.54, 1.807) is 0 Å². The molecule has 0 aliphatic rings. The standard InChI is InChI=1S/C5H10O2.C4H11N/c1-5(2,3)7-4-6;1-3-4-5-2/h4H,1-3H3;5H,3-4H2,1-2H3. The first-order chi connectivity index (χ1) is 5.47. The smallest absolute Gasteiger partial charge is 0.293 e. The van der Waals surface area contributed by atoms with E-state index in [1.807, 2.05) is 27.8 Å². The van der Waals surface area contributed by atoms with Gasteiger partial charge in [0.15, 0.2) is 0 Å². The molecule has 3 nitrogen and oxygen atoms in total. The maximum Gasteiger partial charge on any atom is 0.293 e. The minimum atomic E-state index is -0.318. The number of rotatable bonds is 3. The van der Waals surface area contributed by atoms with Gasteiger partial charge in [-0.2, -0.15) is 0 Å². The quantitative estimate of drug-likeness (QED) is 0.662. The number of carbonyl (C=O) groups is 1. The predicted molar refractivity (Wildman–Crippen MR) is 51.1 cm³/mol. The Labute approximate surface area is 75.5 Å². The van der Waals surface area contributed by atoms with Crippen molar-refractivity contribution in [3.05, 3.63) is 0 Å². The molecule has 0 bridgehead atoms. The van der Waals surface area contributed by atoms with Gasteiger partial charge in [0.25, 0.3) is 6.47 Å². The van der Waals surface area contributed by atoms with Crippen LogP contribution in [0.15, 0.2) is 0 Å². The third-order valence-corrected chi connectivity index (χ3v) is 0.902. The van der Waals surface area contributed by atoms with Gasteiger partial charge in [0, 0.05) is 0 Å². The van der Waals surface area contributed by atoms with Gasteiger partial charge in [-0.05, 0) is 40.8 Å². The third kappa shape index (κ3) is 22.7. The monoisotopic (exact) mass is 175 g/mol. The fourth-order valence-electron chi connectivity index (χ4n) is 0.394. The summed E-state index contributed by atoms with van der Waals surface area (Å²) >= 11 is 0. The molecule has 0 amide bonds. The van der Waals surface area contributed by atoms with E-state index in [0.717, 1.165) is 6.54 Å². The zero-order valence-corrected chi connectivity index (χ0v) is 8.81. The van der Waals surface area contributed by atoms with Gasteiger partial charge in [-0.25, -0.2) is 0 Å². The van der Waals surface area contributed by atoms with Crippen LogP contribution in [0.2, 0.25) is 0 Å². The van der Waals surface area contributed by atoms with Crippen LogP contribution < -0.4 is 5.32 Å². The first kappa shape index (κ1) is 14.0. The van der Waals surface area contributed by atoms with Crippen molar-refractivity contribution in [2.75, 3.05) is 13.6 Å². The summed E-state index contributed by atoms with van der Waals surface area (Å²) < 4.78 is 4.55. The van der Waals surface area contributed by atoms with E-state index in [4.69, 9.17) is 0 Å². The van der Waals surface area contributed by atoms with Crippen molar-refractivity contribution in [1.82, 2.24) is 5.32 Å². The summed E-state index contributed by atoms with van der Waals surface area (Å²) in [6.07, 6.45) is 1.23. The fourth-order valence-corrected chi connectivity index (χ4v) is 0.394. The van der Waals surface area contributed by atoms with Crippen LogP contribution in [0.4, 0.5) is 0 Å². The van der Waals surface area contributed by atoms with Crippen LogP contribution in [0.5, 0.6) is 0 Å². The normalized spacial score (nSPS) is 9.75. The SMILES string of the molecule is CC(C)(C)OC=O.CCCNC. The highest BCUT2D eigenvalue weighted by atomic mass is 16.5. The van der Waals surface area contributed by atoms with Crippen LogP contribution in [-0.4, -0.2) is 25.7 Å². The van der Waals surface area contributed by atoms with Crippen molar-refractivity contribution < 1.29 is 9.53 Å². The largest absolute Gasteiger partial charge is 0.462 e. The van der Waals surface area contributed by atoms with Crippen molar-refractivity contribution in [3.63, 3.8) is 0 Å². The second-order valence-corrected chi connectivity index (χ2v) is 3.43. The van der Waals surface area contributed by atoms with Gasteiger partial charge < -0.3 is 10.1 Å². The molecule has 0 heterocycles. The zero-order valence-electron chi connectivity index (χ0n) is 8.81. The number of nitrogens with one attached hydrogen (secondary N) is 1. The second kappa shape index (κ2) is 8.53. The molecule has 0 atom stereocenters. The highest BCUT2D eigenvalue weighted by Crippen LogP contribution is 2.02. The highest BCUT2D eigenvalue weighted by Gasteiger charge is 2.07. The third-order valence-electron chi connectivity index (χ3n) is 0.902. The summed E-state index contributed by atoms with van der Waals surface area (Å²) in [7, 11) is 1.96. The molecule has 0 aromatic carbocycles. The molecule has 3 heteroatoms. The van der Waals surface area contributed by atoms with Crippen molar-refractivity contribution in [2.24, 2.45) is 0 Å². The van der Waals surface area contributed by atoms with Crippen molar-refractivity contribution >= 4 is 6.47 Å². The Morgan fingerprint density at radius 3 is 1.92 bits per heavy atom. The molecule has 1 N–H and O–H groups in total. The average Bonchev–Trinajstić information content (AvgIpc) is 1.87. The Morgan fingerprint density at radius 2 is 1.92 bits per heavy atom. The molecule has 0 radical (unpaired) electrons. The van der Waals surface area contributed by atoms with E-state index in [2.05, 4.69) is 17.0 Å². The van der Waals surface area contributed by atoms with Crippen molar-refractivity contribution in [3.8, 4) is 0 Å². The summed E-state index contributed by atoms with van der Waals surface area (Å²) in [5.74, 6) is 0. The molecule has 0 spiro atoms. The molecule has 0 fully saturated rings. The lowest BCUT2D eigenvalue weighted by atomic mass is 10.2. The predicted octanol–water partition coefficient (Wildman–Crippen LogP) is 1.57. The first-order valence-electron chi connectivity index (χ1n) is 4.24. The van der Waals surface area contributed by atoms with E-state index in [1.165, 1.54) is 6.42 Å². The molecule has 0 aromatic heterocycles. The molecule has 0 rings (SSSR count). The molecular weight excluding hydrogens is 154 g/mol. The number of hydrogen-bond donors (Lipinski definition) is 1. The maximum atomic E-state index is 9.60. The van der Waals surface area contributed by atoms with E-state index >= 15 is 0 Å². The lowest BCUT2D eigenvalue weighted by Gasteiger charge is -2.14. The summed E-state index contributed by atoms with van der Waals surface area (Å²) in [6.45, 7) is 9.21. The van der Waals surface area contributed by atoms with Crippen LogP contribution in [0.3, 0.4) is 0 Å². The lowest BCUT2D eigenvalue weighted by Crippen LogP contribution is -2.17. The molecule has 0 saturated heterocycles. The van der Waals surface area contributed by atoms with Crippen LogP contribution in [0, 0.1) is 0 Å². The second-order valence-electron chi connectivity index (χ2n) is 3.43. The van der Waals surface area contributed by atoms with Crippen LogP contribution in [0.25, 0.3) is 0 Å². The first-order valence-corrected chi connectivity index (χ1v) is 4.24. The molecular formula is C9H21NO2. The molecule has 0 unspecified atom stereocenters. The van der Waals surface area contributed by atoms with E-state index in [9.17, 15) is 4.79 Å². The number of carbonyl (C=O) groups excluding carboxylic acids is 1. The summed E-state index contributed by atoms with van der Waals surface area (Å²) in [5.41, 5.74) is -0.318. The van der Waals surface area contributed by atoms with Crippen molar-refractivity contribution in [2.45, 2.75) is 39.7 Å². The molecule has 0 aliphatic carbocycles. The highest BCUT2D eigenvalue weighted by molar-refractivity contribution is 5.37. The van der Waals surface area contributed by atoms with Gasteiger partial charge in [-0.1, -0.05) is 6.92 Å². The zero-order chi connectivity index (χ0) is 10.0. The van der Waals surface area contributed by atoms with E-state index in [0.29, 0.717) is 6.47 Å². The van der Waals surface area contributed by atoms with Gasteiger partial charge in [0.1, 0.15) is 5.60 Å². The topological polar surface area (TPSA) is 38.3 Å². The molecule has 0 aromatic rings. The van der Waals surface area contributed by atoms with Crippen LogP contribution in [-0.2, 0) is 9.53 Å². The Morgan fingerprint density at radius 1 is 1.42 bits per heavy atom. The molecule has 74 valence electrons. The number of hydrogen-bond acceptors (Lipinski definition) is 3. The van der Waals surface area contributed by atoms with Gasteiger partial charge in [0.05, 0.1) is 0 Å². The minimum Gasteiger partial charge on any atom is -0.462 e. The number of ether oxygens (including phenoxy) is 1. The van der Waals surface area contributed by atoms with Gasteiger partial charge in [-0.3, -0.25) is 4.79 Å². The van der Waals surface area contributed by atoms with Crippen LogP contribution in [0.1, 0.15) is 34.1 Å². The summed E-state index contributed by atoms with van der Waals surface area (Å²) in [4.78, 5) is 9.60.